The van der Waals surface area contributed by atoms with Crippen molar-refractivity contribution in [1.82, 2.24) is 0 Å². The topological polar surface area (TPSA) is 53.1 Å². The van der Waals surface area contributed by atoms with Crippen molar-refractivity contribution in [3.8, 4) is 0 Å². The Hall–Kier alpha value is -1.03. The number of hydrogen-bond donors (Lipinski definition) is 2. The molecule has 1 rings (SSSR count). The van der Waals surface area contributed by atoms with Gasteiger partial charge in [-0.2, -0.15) is 0 Å². The van der Waals surface area contributed by atoms with Crippen molar-refractivity contribution in [3.05, 3.63) is 28.2 Å². The number of hydrogen-bond acceptors (Lipinski definition) is 1. The van der Waals surface area contributed by atoms with E-state index in [1.165, 1.54) is 5.56 Å². The molecule has 0 heterocycles. The van der Waals surface area contributed by atoms with Crippen LogP contribution in [0.15, 0.2) is 22.7 Å². The summed E-state index contributed by atoms with van der Waals surface area (Å²) in [4.78, 5) is 1.67. The highest BCUT2D eigenvalue weighted by Crippen LogP contribution is 2.23. The van der Waals surface area contributed by atoms with E-state index in [9.17, 15) is 0 Å². The first-order valence-electron chi connectivity index (χ1n) is 4.42. The highest BCUT2D eigenvalue weighted by molar-refractivity contribution is 9.10. The largest absolute Gasteiger partial charge is 0.370 e. The summed E-state index contributed by atoms with van der Waals surface area (Å²) in [5.41, 5.74) is 7.59. The van der Waals surface area contributed by atoms with Crippen molar-refractivity contribution in [1.29, 1.82) is 5.41 Å². The highest BCUT2D eigenvalue weighted by Gasteiger charge is 2.08. The molecule has 4 heteroatoms. The molecule has 0 radical (unpaired) electrons. The number of rotatable bonds is 2. The summed E-state index contributed by atoms with van der Waals surface area (Å²) < 4.78 is 1.05. The molecule has 3 N–H and O–H groups in total. The summed E-state index contributed by atoms with van der Waals surface area (Å²) in [6.45, 7) is 2.08. The first-order valence-corrected chi connectivity index (χ1v) is 5.21. The zero-order valence-electron chi connectivity index (χ0n) is 8.34. The second-order valence-electron chi connectivity index (χ2n) is 3.07. The van der Waals surface area contributed by atoms with E-state index in [-0.39, 0.29) is 5.96 Å². The molecular weight excluding hydrogens is 242 g/mol. The average Bonchev–Trinajstić information content (AvgIpc) is 2.16. The predicted octanol–water partition coefficient (Wildman–Crippen LogP) is 2.34. The van der Waals surface area contributed by atoms with Crippen LogP contribution in [0.25, 0.3) is 0 Å². The van der Waals surface area contributed by atoms with E-state index in [0.717, 1.165) is 16.6 Å². The van der Waals surface area contributed by atoms with Crippen LogP contribution in [-0.4, -0.2) is 13.0 Å². The van der Waals surface area contributed by atoms with E-state index in [4.69, 9.17) is 11.1 Å². The fourth-order valence-corrected chi connectivity index (χ4v) is 1.70. The maximum absolute atomic E-state index is 7.36. The molecule has 0 bridgehead atoms. The Morgan fingerprint density at radius 3 is 2.71 bits per heavy atom. The molecule has 0 amide bonds. The van der Waals surface area contributed by atoms with E-state index in [1.807, 2.05) is 12.1 Å². The van der Waals surface area contributed by atoms with Gasteiger partial charge in [0.25, 0.3) is 0 Å². The second kappa shape index (κ2) is 4.46. The van der Waals surface area contributed by atoms with Crippen molar-refractivity contribution in [2.24, 2.45) is 5.73 Å². The minimum atomic E-state index is 0.0574. The molecule has 0 aromatic heterocycles. The third-order valence-electron chi connectivity index (χ3n) is 2.15. The number of nitrogens with zero attached hydrogens (tertiary/aromatic N) is 1. The lowest BCUT2D eigenvalue weighted by Gasteiger charge is -2.20. The molecule has 0 aliphatic rings. The van der Waals surface area contributed by atoms with Gasteiger partial charge in [-0.05, 0) is 30.2 Å². The van der Waals surface area contributed by atoms with Gasteiger partial charge in [0.1, 0.15) is 0 Å². The van der Waals surface area contributed by atoms with E-state index >= 15 is 0 Å². The molecule has 0 unspecified atom stereocenters. The molecule has 0 atom stereocenters. The minimum absolute atomic E-state index is 0.0574. The Bertz CT molecular complexity index is 349. The molecule has 0 saturated heterocycles. The number of anilines is 1. The van der Waals surface area contributed by atoms with Gasteiger partial charge in [-0.3, -0.25) is 5.41 Å². The summed E-state index contributed by atoms with van der Waals surface area (Å²) in [5, 5.41) is 7.36. The summed E-state index contributed by atoms with van der Waals surface area (Å²) in [6, 6.07) is 5.97. The van der Waals surface area contributed by atoms with Crippen LogP contribution in [0.2, 0.25) is 0 Å². The number of halogens is 1. The molecule has 0 fully saturated rings. The lowest BCUT2D eigenvalue weighted by Crippen LogP contribution is -2.33. The molecular formula is C10H14BrN3. The molecule has 14 heavy (non-hydrogen) atoms. The average molecular weight is 256 g/mol. The summed E-state index contributed by atoms with van der Waals surface area (Å²) in [7, 11) is 1.80. The van der Waals surface area contributed by atoms with E-state index < -0.39 is 0 Å². The van der Waals surface area contributed by atoms with Gasteiger partial charge < -0.3 is 10.6 Å². The number of benzene rings is 1. The fraction of sp³-hybridized carbons (Fsp3) is 0.300. The van der Waals surface area contributed by atoms with E-state index in [2.05, 4.69) is 28.9 Å². The quantitative estimate of drug-likeness (QED) is 0.630. The summed E-state index contributed by atoms with van der Waals surface area (Å²) >= 11 is 3.42. The first kappa shape index (κ1) is 11.0. The normalized spacial score (nSPS) is 9.93. The van der Waals surface area contributed by atoms with Crippen molar-refractivity contribution in [3.63, 3.8) is 0 Å². The maximum Gasteiger partial charge on any atom is 0.192 e. The van der Waals surface area contributed by atoms with Gasteiger partial charge in [-0.15, -0.1) is 0 Å². The van der Waals surface area contributed by atoms with Crippen LogP contribution in [0.5, 0.6) is 0 Å². The highest BCUT2D eigenvalue weighted by atomic mass is 79.9. The molecule has 0 aliphatic heterocycles. The molecule has 0 saturated carbocycles. The van der Waals surface area contributed by atoms with Crippen LogP contribution in [0.3, 0.4) is 0 Å². The van der Waals surface area contributed by atoms with Crippen molar-refractivity contribution in [2.75, 3.05) is 11.9 Å². The van der Waals surface area contributed by atoms with Gasteiger partial charge in [0.2, 0.25) is 0 Å². The molecule has 76 valence electrons. The van der Waals surface area contributed by atoms with E-state index in [0.29, 0.717) is 0 Å². The Kier molecular flexibility index (Phi) is 3.52. The SMILES string of the molecule is CCc1cc(Br)ccc1N(C)C(=N)N. The fourth-order valence-electron chi connectivity index (χ4n) is 1.29. The summed E-state index contributed by atoms with van der Waals surface area (Å²) in [5.74, 6) is 0.0574. The smallest absolute Gasteiger partial charge is 0.192 e. The third kappa shape index (κ3) is 2.26. The minimum Gasteiger partial charge on any atom is -0.370 e. The second-order valence-corrected chi connectivity index (χ2v) is 3.99. The van der Waals surface area contributed by atoms with Gasteiger partial charge in [-0.25, -0.2) is 0 Å². The number of nitrogens with two attached hydrogens (primary N) is 1. The lowest BCUT2D eigenvalue weighted by atomic mass is 10.1. The third-order valence-corrected chi connectivity index (χ3v) is 2.64. The van der Waals surface area contributed by atoms with Crippen molar-refractivity contribution >= 4 is 27.6 Å². The predicted molar refractivity (Wildman–Crippen MR) is 63.8 cm³/mol. The Balaban J connectivity index is 3.13. The Morgan fingerprint density at radius 1 is 1.57 bits per heavy atom. The number of aryl methyl sites for hydroxylation is 1. The molecule has 3 nitrogen and oxygen atoms in total. The molecule has 1 aromatic carbocycles. The van der Waals surface area contributed by atoms with Gasteiger partial charge in [-0.1, -0.05) is 22.9 Å². The maximum atomic E-state index is 7.36. The van der Waals surface area contributed by atoms with Gasteiger partial charge in [0, 0.05) is 17.2 Å². The molecule has 0 spiro atoms. The lowest BCUT2D eigenvalue weighted by molar-refractivity contribution is 1.09. The van der Waals surface area contributed by atoms with Gasteiger partial charge in [0.05, 0.1) is 0 Å². The summed E-state index contributed by atoms with van der Waals surface area (Å²) in [6.07, 6.45) is 0.923. The van der Waals surface area contributed by atoms with Crippen molar-refractivity contribution in [2.45, 2.75) is 13.3 Å². The van der Waals surface area contributed by atoms with Crippen molar-refractivity contribution < 1.29 is 0 Å². The van der Waals surface area contributed by atoms with Crippen LogP contribution in [0.1, 0.15) is 12.5 Å². The van der Waals surface area contributed by atoms with E-state index in [1.54, 1.807) is 11.9 Å². The van der Waals surface area contributed by atoms with Gasteiger partial charge >= 0.3 is 0 Å². The van der Waals surface area contributed by atoms with Gasteiger partial charge in [0.15, 0.2) is 5.96 Å². The zero-order chi connectivity index (χ0) is 10.7. The van der Waals surface area contributed by atoms with Crippen LogP contribution < -0.4 is 10.6 Å². The number of nitrogens with one attached hydrogen (secondary N) is 1. The van der Waals surface area contributed by atoms with Crippen LogP contribution in [-0.2, 0) is 6.42 Å². The Morgan fingerprint density at radius 2 is 2.21 bits per heavy atom. The Labute approximate surface area is 92.5 Å². The standard InChI is InChI=1S/C10H14BrN3/c1-3-7-6-8(11)4-5-9(7)14(2)10(12)13/h4-6H,3H2,1-2H3,(H3,12,13). The zero-order valence-corrected chi connectivity index (χ0v) is 9.93. The first-order chi connectivity index (χ1) is 6.56. The molecule has 1 aromatic rings. The van der Waals surface area contributed by atoms with Crippen LogP contribution in [0.4, 0.5) is 5.69 Å². The number of guanidine groups is 1. The molecule has 0 aliphatic carbocycles. The van der Waals surface area contributed by atoms with Crippen LogP contribution in [0, 0.1) is 5.41 Å². The van der Waals surface area contributed by atoms with Crippen LogP contribution >= 0.6 is 15.9 Å². The monoisotopic (exact) mass is 255 g/mol.